The topological polar surface area (TPSA) is 29.3 Å². The largest absolute Gasteiger partial charge is 0.329 e. The highest BCUT2D eigenvalue weighted by Crippen LogP contribution is 2.36. The third kappa shape index (κ3) is 2.35. The van der Waals surface area contributed by atoms with Crippen LogP contribution in [0, 0.1) is 0 Å². The Morgan fingerprint density at radius 3 is 3.06 bits per heavy atom. The molecule has 0 aliphatic carbocycles. The average molecular weight is 303 g/mol. The van der Waals surface area contributed by atoms with E-state index < -0.39 is 0 Å². The van der Waals surface area contributed by atoms with Gasteiger partial charge in [-0.2, -0.15) is 0 Å². The van der Waals surface area contributed by atoms with Crippen molar-refractivity contribution in [3.63, 3.8) is 0 Å². The molecular weight excluding hydrogens is 284 g/mol. The number of hydrogen-bond acceptors (Lipinski definition) is 3. The van der Waals surface area contributed by atoms with Crippen molar-refractivity contribution in [2.75, 3.05) is 13.1 Å². The maximum absolute atomic E-state index is 5.97. The molecule has 0 saturated carbocycles. The van der Waals surface area contributed by atoms with Gasteiger partial charge in [0.25, 0.3) is 0 Å². The standard InChI is InChI=1S/C12H19BrN2S/c1-2-9-4-3-6-15(9)11(8-14)12-10(13)5-7-16-12/h5,7,9,11H,2-4,6,8,14H2,1H3. The van der Waals surface area contributed by atoms with Crippen LogP contribution in [0.15, 0.2) is 15.9 Å². The summed E-state index contributed by atoms with van der Waals surface area (Å²) in [5, 5.41) is 2.14. The van der Waals surface area contributed by atoms with E-state index >= 15 is 0 Å². The average Bonchev–Trinajstić information content (AvgIpc) is 2.90. The van der Waals surface area contributed by atoms with Crippen LogP contribution in [0.2, 0.25) is 0 Å². The van der Waals surface area contributed by atoms with Crippen molar-refractivity contribution in [1.82, 2.24) is 4.90 Å². The lowest BCUT2D eigenvalue weighted by Crippen LogP contribution is -2.36. The molecule has 0 spiro atoms. The van der Waals surface area contributed by atoms with Crippen molar-refractivity contribution in [2.24, 2.45) is 5.73 Å². The summed E-state index contributed by atoms with van der Waals surface area (Å²) in [5.74, 6) is 0. The van der Waals surface area contributed by atoms with Gasteiger partial charge in [-0.15, -0.1) is 11.3 Å². The highest BCUT2D eigenvalue weighted by Gasteiger charge is 2.31. The van der Waals surface area contributed by atoms with Crippen LogP contribution >= 0.6 is 27.3 Å². The molecule has 4 heteroatoms. The first-order chi connectivity index (χ1) is 7.77. The van der Waals surface area contributed by atoms with Gasteiger partial charge in [0.05, 0.1) is 6.04 Å². The van der Waals surface area contributed by atoms with Gasteiger partial charge in [0.1, 0.15) is 0 Å². The van der Waals surface area contributed by atoms with E-state index in [1.165, 1.54) is 35.2 Å². The Morgan fingerprint density at radius 1 is 1.69 bits per heavy atom. The Hall–Kier alpha value is 0.100. The smallest absolute Gasteiger partial charge is 0.0578 e. The van der Waals surface area contributed by atoms with Crippen LogP contribution in [0.3, 0.4) is 0 Å². The Bertz CT molecular complexity index is 340. The number of rotatable bonds is 4. The van der Waals surface area contributed by atoms with E-state index in [0.717, 1.165) is 12.6 Å². The van der Waals surface area contributed by atoms with E-state index in [-0.39, 0.29) is 0 Å². The maximum Gasteiger partial charge on any atom is 0.0578 e. The molecule has 0 bridgehead atoms. The normalized spacial score (nSPS) is 23.8. The predicted octanol–water partition coefficient (Wildman–Crippen LogP) is 3.38. The van der Waals surface area contributed by atoms with Gasteiger partial charge < -0.3 is 5.73 Å². The van der Waals surface area contributed by atoms with Crippen molar-refractivity contribution in [3.05, 3.63) is 20.8 Å². The number of nitrogens with zero attached hydrogens (tertiary/aromatic N) is 1. The minimum absolute atomic E-state index is 0.404. The summed E-state index contributed by atoms with van der Waals surface area (Å²) in [7, 11) is 0. The van der Waals surface area contributed by atoms with Crippen LogP contribution in [-0.4, -0.2) is 24.0 Å². The fourth-order valence-electron chi connectivity index (χ4n) is 2.64. The fourth-order valence-corrected chi connectivity index (χ4v) is 4.41. The maximum atomic E-state index is 5.97. The van der Waals surface area contributed by atoms with Crippen molar-refractivity contribution >= 4 is 27.3 Å². The van der Waals surface area contributed by atoms with Gasteiger partial charge in [0, 0.05) is 21.9 Å². The van der Waals surface area contributed by atoms with Crippen molar-refractivity contribution in [3.8, 4) is 0 Å². The summed E-state index contributed by atoms with van der Waals surface area (Å²) < 4.78 is 1.22. The molecular formula is C12H19BrN2S. The van der Waals surface area contributed by atoms with Crippen molar-refractivity contribution in [1.29, 1.82) is 0 Å². The molecule has 0 aromatic carbocycles. The SMILES string of the molecule is CCC1CCCN1C(CN)c1sccc1Br. The van der Waals surface area contributed by atoms with E-state index in [1.54, 1.807) is 0 Å². The van der Waals surface area contributed by atoms with Gasteiger partial charge in [-0.3, -0.25) is 4.90 Å². The highest BCUT2D eigenvalue weighted by molar-refractivity contribution is 9.10. The Kier molecular flexibility index (Phi) is 4.41. The first kappa shape index (κ1) is 12.6. The quantitative estimate of drug-likeness (QED) is 0.924. The summed E-state index contributed by atoms with van der Waals surface area (Å²) in [5.41, 5.74) is 5.97. The molecule has 1 aromatic heterocycles. The lowest BCUT2D eigenvalue weighted by atomic mass is 10.1. The van der Waals surface area contributed by atoms with E-state index in [9.17, 15) is 0 Å². The van der Waals surface area contributed by atoms with Crippen LogP contribution in [0.4, 0.5) is 0 Å². The third-order valence-electron chi connectivity index (χ3n) is 3.46. The second-order valence-electron chi connectivity index (χ2n) is 4.33. The van der Waals surface area contributed by atoms with Crippen molar-refractivity contribution < 1.29 is 0 Å². The van der Waals surface area contributed by atoms with Gasteiger partial charge in [0.15, 0.2) is 0 Å². The van der Waals surface area contributed by atoms with Gasteiger partial charge in [-0.25, -0.2) is 0 Å². The monoisotopic (exact) mass is 302 g/mol. The molecule has 1 fully saturated rings. The molecule has 16 heavy (non-hydrogen) atoms. The molecule has 0 amide bonds. The number of hydrogen-bond donors (Lipinski definition) is 1. The Balaban J connectivity index is 2.19. The summed E-state index contributed by atoms with van der Waals surface area (Å²) in [6.07, 6.45) is 3.88. The number of likely N-dealkylation sites (tertiary alicyclic amines) is 1. The summed E-state index contributed by atoms with van der Waals surface area (Å²) in [6, 6.07) is 3.25. The van der Waals surface area contributed by atoms with E-state index in [2.05, 4.69) is 39.2 Å². The lowest BCUT2D eigenvalue weighted by molar-refractivity contribution is 0.182. The predicted molar refractivity (Wildman–Crippen MR) is 73.8 cm³/mol. The zero-order valence-corrected chi connectivity index (χ0v) is 12.1. The molecule has 2 unspecified atom stereocenters. The zero-order valence-electron chi connectivity index (χ0n) is 9.66. The van der Waals surface area contributed by atoms with Gasteiger partial charge in [-0.05, 0) is 53.2 Å². The third-order valence-corrected chi connectivity index (χ3v) is 5.44. The zero-order chi connectivity index (χ0) is 11.5. The molecule has 2 nitrogen and oxygen atoms in total. The molecule has 0 radical (unpaired) electrons. The molecule has 2 atom stereocenters. The Morgan fingerprint density at radius 2 is 2.50 bits per heavy atom. The minimum atomic E-state index is 0.404. The van der Waals surface area contributed by atoms with Crippen LogP contribution in [-0.2, 0) is 0 Å². The molecule has 1 aliphatic rings. The number of halogens is 1. The molecule has 1 aromatic rings. The second-order valence-corrected chi connectivity index (χ2v) is 6.13. The lowest BCUT2D eigenvalue weighted by Gasteiger charge is -2.31. The van der Waals surface area contributed by atoms with Gasteiger partial charge in [0.2, 0.25) is 0 Å². The second kappa shape index (κ2) is 5.63. The first-order valence-electron chi connectivity index (χ1n) is 5.96. The van der Waals surface area contributed by atoms with E-state index in [0.29, 0.717) is 6.04 Å². The molecule has 90 valence electrons. The molecule has 1 aliphatic heterocycles. The Labute approximate surface area is 110 Å². The van der Waals surface area contributed by atoms with Crippen LogP contribution in [0.25, 0.3) is 0 Å². The van der Waals surface area contributed by atoms with E-state index in [4.69, 9.17) is 5.73 Å². The summed E-state index contributed by atoms with van der Waals surface area (Å²) >= 11 is 5.44. The fraction of sp³-hybridized carbons (Fsp3) is 0.667. The highest BCUT2D eigenvalue weighted by atomic mass is 79.9. The first-order valence-corrected chi connectivity index (χ1v) is 7.63. The van der Waals surface area contributed by atoms with Crippen molar-refractivity contribution in [2.45, 2.75) is 38.3 Å². The molecule has 1 saturated heterocycles. The summed E-state index contributed by atoms with van der Waals surface area (Å²) in [4.78, 5) is 3.99. The summed E-state index contributed by atoms with van der Waals surface area (Å²) in [6.45, 7) is 4.19. The van der Waals surface area contributed by atoms with Crippen LogP contribution in [0.1, 0.15) is 37.1 Å². The number of thiophene rings is 1. The number of nitrogens with two attached hydrogens (primary N) is 1. The van der Waals surface area contributed by atoms with Crippen LogP contribution < -0.4 is 5.73 Å². The van der Waals surface area contributed by atoms with Gasteiger partial charge in [-0.1, -0.05) is 6.92 Å². The molecule has 2 N–H and O–H groups in total. The van der Waals surface area contributed by atoms with Gasteiger partial charge >= 0.3 is 0 Å². The van der Waals surface area contributed by atoms with Crippen LogP contribution in [0.5, 0.6) is 0 Å². The molecule has 2 heterocycles. The molecule has 2 rings (SSSR count). The minimum Gasteiger partial charge on any atom is -0.329 e. The van der Waals surface area contributed by atoms with E-state index in [1.807, 2.05) is 11.3 Å².